The third-order valence-electron chi connectivity index (χ3n) is 3.22. The lowest BCUT2D eigenvalue weighted by Gasteiger charge is -2.38. The number of nitrogens with one attached hydrogen (secondary N) is 1. The van der Waals surface area contributed by atoms with Crippen LogP contribution in [0.15, 0.2) is 6.33 Å². The first kappa shape index (κ1) is 12.6. The Morgan fingerprint density at radius 3 is 3.21 bits per heavy atom. The number of aliphatic hydroxyl groups is 1. The van der Waals surface area contributed by atoms with Gasteiger partial charge in [0.25, 0.3) is 0 Å². The van der Waals surface area contributed by atoms with Crippen LogP contribution in [-0.2, 0) is 4.74 Å². The summed E-state index contributed by atoms with van der Waals surface area (Å²) in [5.41, 5.74) is 1.28. The van der Waals surface area contributed by atoms with Crippen molar-refractivity contribution in [1.82, 2.24) is 19.9 Å². The summed E-state index contributed by atoms with van der Waals surface area (Å²) in [5.74, 6) is 0.696. The molecular formula is C11H14ClN5O2. The lowest BCUT2D eigenvalue weighted by molar-refractivity contribution is -0.0105. The number of hydrogen-bond donors (Lipinski definition) is 2. The Hall–Kier alpha value is -1.44. The second kappa shape index (κ2) is 4.92. The number of imidazole rings is 1. The maximum Gasteiger partial charge on any atom is 0.226 e. The van der Waals surface area contributed by atoms with Gasteiger partial charge in [0, 0.05) is 6.54 Å². The highest BCUT2D eigenvalue weighted by atomic mass is 35.5. The van der Waals surface area contributed by atoms with Gasteiger partial charge in [0.15, 0.2) is 11.5 Å². The number of aromatic nitrogens is 4. The van der Waals surface area contributed by atoms with Gasteiger partial charge in [-0.2, -0.15) is 9.97 Å². The maximum absolute atomic E-state index is 9.24. The molecule has 2 atom stereocenters. The number of anilines is 1. The molecule has 0 saturated carbocycles. The number of hydrogen-bond acceptors (Lipinski definition) is 6. The maximum atomic E-state index is 9.24. The number of H-pyrrole nitrogens is 1. The van der Waals surface area contributed by atoms with E-state index in [-0.39, 0.29) is 24.0 Å². The Morgan fingerprint density at radius 2 is 2.42 bits per heavy atom. The fraction of sp³-hybridized carbons (Fsp3) is 0.545. The molecule has 1 saturated heterocycles. The third kappa shape index (κ3) is 2.24. The molecule has 19 heavy (non-hydrogen) atoms. The summed E-state index contributed by atoms with van der Waals surface area (Å²) in [7, 11) is 0. The Bertz CT molecular complexity index is 589. The van der Waals surface area contributed by atoms with Crippen molar-refractivity contribution in [2.45, 2.75) is 19.1 Å². The molecular weight excluding hydrogens is 270 g/mol. The first-order valence-electron chi connectivity index (χ1n) is 6.04. The molecule has 3 rings (SSSR count). The van der Waals surface area contributed by atoms with Crippen molar-refractivity contribution in [3.05, 3.63) is 11.6 Å². The second-order valence-corrected chi connectivity index (χ2v) is 4.89. The predicted molar refractivity (Wildman–Crippen MR) is 70.3 cm³/mol. The molecule has 0 spiro atoms. The molecule has 2 aromatic heterocycles. The van der Waals surface area contributed by atoms with Crippen molar-refractivity contribution in [2.75, 3.05) is 24.7 Å². The molecule has 1 aliphatic rings. The van der Waals surface area contributed by atoms with Gasteiger partial charge in [-0.05, 0) is 18.5 Å². The number of ether oxygens (including phenoxy) is 1. The molecule has 2 unspecified atom stereocenters. The first-order valence-corrected chi connectivity index (χ1v) is 6.42. The van der Waals surface area contributed by atoms with E-state index in [4.69, 9.17) is 16.3 Å². The highest BCUT2D eigenvalue weighted by molar-refractivity contribution is 6.28. The second-order valence-electron chi connectivity index (χ2n) is 4.56. The number of aliphatic hydroxyl groups excluding tert-OH is 1. The average molecular weight is 284 g/mol. The van der Waals surface area contributed by atoms with Gasteiger partial charge in [0.05, 0.1) is 31.7 Å². The zero-order chi connectivity index (χ0) is 13.4. The largest absolute Gasteiger partial charge is 0.394 e. The van der Waals surface area contributed by atoms with Crippen LogP contribution in [0.3, 0.4) is 0 Å². The molecule has 0 radical (unpaired) electrons. The summed E-state index contributed by atoms with van der Waals surface area (Å²) in [4.78, 5) is 17.5. The highest BCUT2D eigenvalue weighted by Crippen LogP contribution is 2.26. The average Bonchev–Trinajstić information content (AvgIpc) is 2.86. The van der Waals surface area contributed by atoms with Gasteiger partial charge in [-0.3, -0.25) is 0 Å². The van der Waals surface area contributed by atoms with Gasteiger partial charge in [-0.1, -0.05) is 0 Å². The quantitative estimate of drug-likeness (QED) is 0.785. The molecule has 2 aromatic rings. The monoisotopic (exact) mass is 283 g/mol. The number of nitrogens with zero attached hydrogens (tertiary/aromatic N) is 4. The van der Waals surface area contributed by atoms with Gasteiger partial charge in [-0.25, -0.2) is 4.98 Å². The molecule has 7 nitrogen and oxygen atoms in total. The van der Waals surface area contributed by atoms with Crippen molar-refractivity contribution in [3.63, 3.8) is 0 Å². The molecule has 1 aliphatic heterocycles. The summed E-state index contributed by atoms with van der Waals surface area (Å²) in [6, 6.07) is 0.139. The van der Waals surface area contributed by atoms with Crippen molar-refractivity contribution in [1.29, 1.82) is 0 Å². The SMILES string of the molecule is CC1COC(CO)CN1c1nc(Cl)nc2nc[nH]c12. The number of fused-ring (bicyclic) bond motifs is 1. The minimum atomic E-state index is -0.220. The van der Waals surface area contributed by atoms with Crippen LogP contribution in [0.5, 0.6) is 0 Å². The number of halogens is 1. The number of aromatic amines is 1. The van der Waals surface area contributed by atoms with Crippen LogP contribution in [0.25, 0.3) is 11.2 Å². The molecule has 2 N–H and O–H groups in total. The molecule has 0 aliphatic carbocycles. The summed E-state index contributed by atoms with van der Waals surface area (Å²) >= 11 is 5.93. The smallest absolute Gasteiger partial charge is 0.226 e. The molecule has 102 valence electrons. The van der Waals surface area contributed by atoms with E-state index < -0.39 is 0 Å². The Kier molecular flexibility index (Phi) is 3.26. The molecule has 1 fully saturated rings. The normalized spacial score (nSPS) is 24.1. The molecule has 3 heterocycles. The summed E-state index contributed by atoms with van der Waals surface area (Å²) < 4.78 is 5.52. The van der Waals surface area contributed by atoms with E-state index in [1.807, 2.05) is 6.92 Å². The standard InChI is InChI=1S/C11H14ClN5O2/c1-6-4-19-7(3-18)2-17(6)10-8-9(14-5-13-8)15-11(12)16-10/h5-7,18H,2-4H2,1H3,(H,13,14,15,16). The molecule has 0 aromatic carbocycles. The van der Waals surface area contributed by atoms with E-state index in [0.717, 1.165) is 5.52 Å². The van der Waals surface area contributed by atoms with Crippen LogP contribution >= 0.6 is 11.6 Å². The Balaban J connectivity index is 2.04. The zero-order valence-corrected chi connectivity index (χ0v) is 11.1. The topological polar surface area (TPSA) is 87.2 Å². The van der Waals surface area contributed by atoms with Crippen LogP contribution in [0, 0.1) is 0 Å². The van der Waals surface area contributed by atoms with Gasteiger partial charge in [0.1, 0.15) is 5.52 Å². The fourth-order valence-electron chi connectivity index (χ4n) is 2.22. The molecule has 8 heteroatoms. The highest BCUT2D eigenvalue weighted by Gasteiger charge is 2.28. The zero-order valence-electron chi connectivity index (χ0n) is 10.4. The molecule has 0 bridgehead atoms. The summed E-state index contributed by atoms with van der Waals surface area (Å²) in [5, 5.41) is 9.40. The third-order valence-corrected chi connectivity index (χ3v) is 3.39. The Labute approximate surface area is 114 Å². The minimum Gasteiger partial charge on any atom is -0.394 e. The van der Waals surface area contributed by atoms with Crippen LogP contribution in [-0.4, -0.2) is 56.9 Å². The summed E-state index contributed by atoms with van der Waals surface area (Å²) in [6.07, 6.45) is 1.34. The Morgan fingerprint density at radius 1 is 1.58 bits per heavy atom. The van der Waals surface area contributed by atoms with Crippen molar-refractivity contribution in [2.24, 2.45) is 0 Å². The van der Waals surface area contributed by atoms with E-state index in [1.54, 1.807) is 6.33 Å². The summed E-state index contributed by atoms with van der Waals surface area (Å²) in [6.45, 7) is 3.10. The van der Waals surface area contributed by atoms with E-state index in [9.17, 15) is 5.11 Å². The predicted octanol–water partition coefficient (Wildman–Crippen LogP) is 0.592. The first-order chi connectivity index (χ1) is 9.19. The van der Waals surface area contributed by atoms with Crippen molar-refractivity contribution < 1.29 is 9.84 Å². The van der Waals surface area contributed by atoms with Crippen molar-refractivity contribution >= 4 is 28.6 Å². The number of rotatable bonds is 2. The van der Waals surface area contributed by atoms with E-state index in [2.05, 4.69) is 24.8 Å². The van der Waals surface area contributed by atoms with Gasteiger partial charge in [0.2, 0.25) is 5.28 Å². The van der Waals surface area contributed by atoms with E-state index >= 15 is 0 Å². The van der Waals surface area contributed by atoms with Crippen LogP contribution in [0.4, 0.5) is 5.82 Å². The molecule has 0 amide bonds. The van der Waals surface area contributed by atoms with E-state index in [1.165, 1.54) is 0 Å². The van der Waals surface area contributed by atoms with Gasteiger partial charge < -0.3 is 19.7 Å². The lowest BCUT2D eigenvalue weighted by Crippen LogP contribution is -2.50. The van der Waals surface area contributed by atoms with Crippen LogP contribution < -0.4 is 4.90 Å². The van der Waals surface area contributed by atoms with E-state index in [0.29, 0.717) is 24.6 Å². The van der Waals surface area contributed by atoms with Crippen LogP contribution in [0.2, 0.25) is 5.28 Å². The number of morpholine rings is 1. The van der Waals surface area contributed by atoms with Gasteiger partial charge in [-0.15, -0.1) is 0 Å². The van der Waals surface area contributed by atoms with Crippen molar-refractivity contribution in [3.8, 4) is 0 Å². The van der Waals surface area contributed by atoms with Crippen LogP contribution in [0.1, 0.15) is 6.92 Å². The lowest BCUT2D eigenvalue weighted by atomic mass is 10.2. The van der Waals surface area contributed by atoms with Gasteiger partial charge >= 0.3 is 0 Å². The minimum absolute atomic E-state index is 0.0197. The fourth-order valence-corrected chi connectivity index (χ4v) is 2.38.